The van der Waals surface area contributed by atoms with Crippen LogP contribution in [-0.4, -0.2) is 25.6 Å². The number of hydrogen-bond acceptors (Lipinski definition) is 4. The number of aryl methyl sites for hydroxylation is 2. The van der Waals surface area contributed by atoms with E-state index in [0.29, 0.717) is 17.5 Å². The van der Waals surface area contributed by atoms with Gasteiger partial charge in [-0.25, -0.2) is 17.8 Å². The van der Waals surface area contributed by atoms with E-state index in [2.05, 4.69) is 15.0 Å². The van der Waals surface area contributed by atoms with Crippen molar-refractivity contribution in [1.82, 2.24) is 10.3 Å². The summed E-state index contributed by atoms with van der Waals surface area (Å²) in [4.78, 5) is 16.3. The molecule has 1 aromatic heterocycles. The van der Waals surface area contributed by atoms with E-state index in [-0.39, 0.29) is 17.8 Å². The van der Waals surface area contributed by atoms with Gasteiger partial charge < -0.3 is 5.32 Å². The highest BCUT2D eigenvalue weighted by atomic mass is 32.2. The first-order valence-electron chi connectivity index (χ1n) is 11.2. The first-order valence-corrected chi connectivity index (χ1v) is 13.1. The molecule has 0 aliphatic rings. The largest absolute Gasteiger partial charge is 0.433 e. The number of sulfonamides is 1. The van der Waals surface area contributed by atoms with Crippen molar-refractivity contribution in [2.45, 2.75) is 32.0 Å². The number of anilines is 1. The zero-order valence-corrected chi connectivity index (χ0v) is 20.8. The second kappa shape index (κ2) is 11.5. The van der Waals surface area contributed by atoms with E-state index < -0.39 is 39.7 Å². The highest BCUT2D eigenvalue weighted by Gasteiger charge is 2.32. The van der Waals surface area contributed by atoms with Gasteiger partial charge in [0.25, 0.3) is 0 Å². The third-order valence-electron chi connectivity index (χ3n) is 5.35. The molecule has 1 atom stereocenters. The van der Waals surface area contributed by atoms with Crippen LogP contribution in [0, 0.1) is 5.82 Å². The molecule has 0 unspecified atom stereocenters. The van der Waals surface area contributed by atoms with Gasteiger partial charge in [-0.2, -0.15) is 13.2 Å². The summed E-state index contributed by atoms with van der Waals surface area (Å²) < 4.78 is 78.6. The van der Waals surface area contributed by atoms with E-state index in [4.69, 9.17) is 0 Å². The SMILES string of the molecule is C[C@@H](NC(=O)/C=C/c1ccc(C(F)(F)F)nc1CCc1ccccc1)c1ccc(NS(C)(=O)=O)c(F)c1. The van der Waals surface area contributed by atoms with Gasteiger partial charge in [-0.05, 0) is 60.7 Å². The Kier molecular flexibility index (Phi) is 8.69. The molecule has 11 heteroatoms. The van der Waals surface area contributed by atoms with Crippen LogP contribution in [0.1, 0.15) is 41.0 Å². The monoisotopic (exact) mass is 535 g/mol. The predicted molar refractivity (Wildman–Crippen MR) is 134 cm³/mol. The molecule has 3 aromatic rings. The lowest BCUT2D eigenvalue weighted by atomic mass is 10.0. The van der Waals surface area contributed by atoms with Crippen LogP contribution in [0.15, 0.2) is 66.7 Å². The number of nitrogens with one attached hydrogen (secondary N) is 2. The number of pyridine rings is 1. The quantitative estimate of drug-likeness (QED) is 0.288. The van der Waals surface area contributed by atoms with Crippen LogP contribution in [0.5, 0.6) is 0 Å². The molecule has 1 heterocycles. The Hall–Kier alpha value is -3.73. The van der Waals surface area contributed by atoms with Gasteiger partial charge in [0.1, 0.15) is 11.5 Å². The Labute approximate surface area is 212 Å². The number of rotatable bonds is 9. The van der Waals surface area contributed by atoms with Crippen molar-refractivity contribution in [3.63, 3.8) is 0 Å². The Morgan fingerprint density at radius 3 is 2.38 bits per heavy atom. The van der Waals surface area contributed by atoms with E-state index in [0.717, 1.165) is 24.0 Å². The summed E-state index contributed by atoms with van der Waals surface area (Å²) in [6.45, 7) is 1.61. The molecule has 196 valence electrons. The van der Waals surface area contributed by atoms with Crippen LogP contribution in [0.3, 0.4) is 0 Å². The Morgan fingerprint density at radius 2 is 1.76 bits per heavy atom. The van der Waals surface area contributed by atoms with Crippen molar-refractivity contribution in [3.05, 3.63) is 101 Å². The third kappa shape index (κ3) is 8.42. The topological polar surface area (TPSA) is 88.2 Å². The minimum Gasteiger partial charge on any atom is -0.346 e. The second-order valence-electron chi connectivity index (χ2n) is 8.39. The maximum Gasteiger partial charge on any atom is 0.433 e. The summed E-state index contributed by atoms with van der Waals surface area (Å²) in [6, 6.07) is 14.6. The Bertz CT molecular complexity index is 1390. The molecule has 0 aliphatic carbocycles. The van der Waals surface area contributed by atoms with Gasteiger partial charge in [0.05, 0.1) is 18.0 Å². The lowest BCUT2D eigenvalue weighted by Crippen LogP contribution is -2.24. The molecule has 0 aliphatic heterocycles. The number of carbonyl (C=O) groups is 1. The molecule has 37 heavy (non-hydrogen) atoms. The van der Waals surface area contributed by atoms with Gasteiger partial charge in [0.2, 0.25) is 15.9 Å². The van der Waals surface area contributed by atoms with E-state index in [1.54, 1.807) is 6.92 Å². The molecule has 0 saturated carbocycles. The molecular weight excluding hydrogens is 510 g/mol. The fourth-order valence-corrected chi connectivity index (χ4v) is 4.09. The van der Waals surface area contributed by atoms with Gasteiger partial charge in [-0.3, -0.25) is 9.52 Å². The van der Waals surface area contributed by atoms with Crippen LogP contribution < -0.4 is 10.0 Å². The fourth-order valence-electron chi connectivity index (χ4n) is 3.52. The van der Waals surface area contributed by atoms with Gasteiger partial charge in [-0.1, -0.05) is 42.5 Å². The summed E-state index contributed by atoms with van der Waals surface area (Å²) in [7, 11) is -3.66. The number of halogens is 4. The molecule has 0 bridgehead atoms. The van der Waals surface area contributed by atoms with E-state index in [1.807, 2.05) is 30.3 Å². The van der Waals surface area contributed by atoms with Crippen molar-refractivity contribution >= 4 is 27.7 Å². The lowest BCUT2D eigenvalue weighted by Gasteiger charge is -2.15. The highest BCUT2D eigenvalue weighted by Crippen LogP contribution is 2.29. The van der Waals surface area contributed by atoms with Crippen LogP contribution in [0.2, 0.25) is 0 Å². The number of amides is 1. The molecule has 0 saturated heterocycles. The number of alkyl halides is 3. The minimum atomic E-state index is -4.60. The van der Waals surface area contributed by atoms with Crippen molar-refractivity contribution in [2.24, 2.45) is 0 Å². The summed E-state index contributed by atoms with van der Waals surface area (Å²) in [6.07, 6.45) is -0.446. The summed E-state index contributed by atoms with van der Waals surface area (Å²) in [5.41, 5.74) is 0.663. The lowest BCUT2D eigenvalue weighted by molar-refractivity contribution is -0.141. The molecule has 0 radical (unpaired) electrons. The van der Waals surface area contributed by atoms with Crippen molar-refractivity contribution in [3.8, 4) is 0 Å². The minimum absolute atomic E-state index is 0.201. The standard InChI is InChI=1S/C26H25F4N3O3S/c1-17(20-9-13-23(21(27)16-20)33-37(2,35)36)31-25(34)15-11-19-10-14-24(26(28,29)30)32-22(19)12-8-18-6-4-3-5-7-18/h3-7,9-11,13-17,33H,8,12H2,1-2H3,(H,31,34)/b15-11+/t17-/m1/s1. The molecule has 2 N–H and O–H groups in total. The number of aromatic nitrogens is 1. The Morgan fingerprint density at radius 1 is 1.05 bits per heavy atom. The van der Waals surface area contributed by atoms with Crippen LogP contribution >= 0.6 is 0 Å². The smallest absolute Gasteiger partial charge is 0.346 e. The predicted octanol–water partition coefficient (Wildman–Crippen LogP) is 5.29. The first-order chi connectivity index (χ1) is 17.3. The molecule has 1 amide bonds. The number of hydrogen-bond donors (Lipinski definition) is 2. The van der Waals surface area contributed by atoms with E-state index >= 15 is 0 Å². The summed E-state index contributed by atoms with van der Waals surface area (Å²) in [5, 5.41) is 2.64. The van der Waals surface area contributed by atoms with Gasteiger partial charge in [0.15, 0.2) is 0 Å². The molecule has 0 fully saturated rings. The number of benzene rings is 2. The third-order valence-corrected chi connectivity index (χ3v) is 5.95. The van der Waals surface area contributed by atoms with Gasteiger partial charge in [0, 0.05) is 11.8 Å². The van der Waals surface area contributed by atoms with Gasteiger partial charge in [-0.15, -0.1) is 0 Å². The van der Waals surface area contributed by atoms with E-state index in [1.165, 1.54) is 30.4 Å². The molecule has 6 nitrogen and oxygen atoms in total. The maximum absolute atomic E-state index is 14.3. The highest BCUT2D eigenvalue weighted by molar-refractivity contribution is 7.92. The van der Waals surface area contributed by atoms with Crippen LogP contribution in [0.4, 0.5) is 23.2 Å². The summed E-state index contributed by atoms with van der Waals surface area (Å²) in [5.74, 6) is -1.36. The fraction of sp³-hybridized carbons (Fsp3) is 0.231. The average Bonchev–Trinajstić information content (AvgIpc) is 2.82. The zero-order valence-electron chi connectivity index (χ0n) is 20.0. The zero-order chi connectivity index (χ0) is 27.2. The number of nitrogens with zero attached hydrogens (tertiary/aromatic N) is 1. The van der Waals surface area contributed by atoms with Crippen molar-refractivity contribution in [1.29, 1.82) is 0 Å². The van der Waals surface area contributed by atoms with Crippen LogP contribution in [0.25, 0.3) is 6.08 Å². The molecule has 3 rings (SSSR count). The van der Waals surface area contributed by atoms with Crippen molar-refractivity contribution in [2.75, 3.05) is 11.0 Å². The Balaban J connectivity index is 1.73. The van der Waals surface area contributed by atoms with Crippen molar-refractivity contribution < 1.29 is 30.8 Å². The maximum atomic E-state index is 14.3. The number of carbonyl (C=O) groups excluding carboxylic acids is 1. The molecule has 2 aromatic carbocycles. The molecular formula is C26H25F4N3O3S. The molecule has 0 spiro atoms. The first kappa shape index (κ1) is 27.9. The van der Waals surface area contributed by atoms with E-state index in [9.17, 15) is 30.8 Å². The average molecular weight is 536 g/mol. The van der Waals surface area contributed by atoms with Gasteiger partial charge >= 0.3 is 6.18 Å². The van der Waals surface area contributed by atoms with Crippen LogP contribution in [-0.2, 0) is 33.8 Å². The normalized spacial score (nSPS) is 12.9. The second-order valence-corrected chi connectivity index (χ2v) is 10.1. The summed E-state index contributed by atoms with van der Waals surface area (Å²) >= 11 is 0.